The average Bonchev–Trinajstić information content (AvgIpc) is 2.96. The third-order valence-electron chi connectivity index (χ3n) is 5.63. The van der Waals surface area contributed by atoms with Crippen molar-refractivity contribution in [3.05, 3.63) is 70.8 Å². The van der Waals surface area contributed by atoms with Crippen LogP contribution in [0.15, 0.2) is 58.8 Å². The Kier molecular flexibility index (Phi) is 18.5. The van der Waals surface area contributed by atoms with Crippen LogP contribution in [0, 0.1) is 10.8 Å². The van der Waals surface area contributed by atoms with Crippen LogP contribution in [-0.4, -0.2) is 43.5 Å². The van der Waals surface area contributed by atoms with Crippen molar-refractivity contribution in [1.82, 2.24) is 5.32 Å². The number of esters is 1. The first-order chi connectivity index (χ1) is 19.9. The number of hydrogen-bond donors (Lipinski definition) is 5. The van der Waals surface area contributed by atoms with Crippen LogP contribution in [0.3, 0.4) is 0 Å². The van der Waals surface area contributed by atoms with Gasteiger partial charge in [0.2, 0.25) is 0 Å². The largest absolute Gasteiger partial charge is 0.464 e. The van der Waals surface area contributed by atoms with E-state index in [0.29, 0.717) is 11.1 Å². The van der Waals surface area contributed by atoms with Crippen molar-refractivity contribution in [3.8, 4) is 0 Å². The molecule has 3 rings (SSSR count). The number of nitrogens with two attached hydrogens (primary N) is 2. The fraction of sp³-hybridized carbons (Fsp3) is 0.393. The zero-order chi connectivity index (χ0) is 31.5. The minimum absolute atomic E-state index is 0. The summed E-state index contributed by atoms with van der Waals surface area (Å²) in [4.78, 5) is 21.9. The molecule has 0 bridgehead atoms. The van der Waals surface area contributed by atoms with E-state index >= 15 is 0 Å². The lowest BCUT2D eigenvalue weighted by Crippen LogP contribution is -2.39. The molecule has 1 aliphatic rings. The number of guanidine groups is 2. The molecule has 0 unspecified atom stereocenters. The van der Waals surface area contributed by atoms with Gasteiger partial charge in [-0.2, -0.15) is 13.2 Å². The Labute approximate surface area is 255 Å². The summed E-state index contributed by atoms with van der Waals surface area (Å²) in [6.07, 6.45) is 4.56. The number of halogens is 4. The van der Waals surface area contributed by atoms with Crippen LogP contribution in [0.1, 0.15) is 67.7 Å². The number of nitrogens with one attached hydrogen (secondary N) is 3. The number of carbonyl (C=O) groups is 1. The molecule has 0 saturated heterocycles. The second-order valence-electron chi connectivity index (χ2n) is 8.87. The Morgan fingerprint density at radius 3 is 1.95 bits per heavy atom. The lowest BCUT2D eigenvalue weighted by atomic mass is 10.0. The lowest BCUT2D eigenvalue weighted by molar-refractivity contribution is -0.137. The van der Waals surface area contributed by atoms with Gasteiger partial charge in [-0.1, -0.05) is 85.2 Å². The van der Waals surface area contributed by atoms with Crippen molar-refractivity contribution >= 4 is 41.7 Å². The van der Waals surface area contributed by atoms with Gasteiger partial charge >= 0.3 is 12.1 Å². The molecule has 11 nitrogen and oxygen atoms in total. The predicted molar refractivity (Wildman–Crippen MR) is 162 cm³/mol. The Balaban J connectivity index is 0.00000104. The van der Waals surface area contributed by atoms with E-state index in [4.69, 9.17) is 36.7 Å². The van der Waals surface area contributed by atoms with E-state index in [1.165, 1.54) is 71.8 Å². The number of hydrogen-bond acceptors (Lipinski definition) is 8. The van der Waals surface area contributed by atoms with Gasteiger partial charge in [0.25, 0.3) is 0 Å². The third kappa shape index (κ3) is 15.5. The average molecular weight is 630 g/mol. The Morgan fingerprint density at radius 2 is 1.49 bits per heavy atom. The van der Waals surface area contributed by atoms with E-state index in [2.05, 4.69) is 10.3 Å². The molecule has 43 heavy (non-hydrogen) atoms. The smallest absolute Gasteiger partial charge is 0.416 e. The van der Waals surface area contributed by atoms with E-state index in [-0.39, 0.29) is 47.9 Å². The molecule has 0 heterocycles. The molecule has 2 aromatic carbocycles. The molecular weight excluding hydrogens is 591 g/mol. The molecule has 238 valence electrons. The Morgan fingerprint density at radius 1 is 0.930 bits per heavy atom. The van der Waals surface area contributed by atoms with Crippen molar-refractivity contribution < 1.29 is 32.4 Å². The van der Waals surface area contributed by atoms with Crippen molar-refractivity contribution in [2.45, 2.75) is 58.2 Å². The summed E-state index contributed by atoms with van der Waals surface area (Å²) in [5.74, 6) is -1.32. The summed E-state index contributed by atoms with van der Waals surface area (Å²) >= 11 is 0. The summed E-state index contributed by atoms with van der Waals surface area (Å²) in [6.45, 7) is 1.49. The SMILES string of the molecule is C1CCCCC1.CO/N=C(/C(=O)OC)c1ccccc1CO/N=C(\C)c1cccc(C(F)(F)F)c1.Cl.N=C(N)NC(=N)N. The highest BCUT2D eigenvalue weighted by molar-refractivity contribution is 6.43. The normalized spacial score (nSPS) is 13.0. The number of rotatable bonds is 7. The maximum Gasteiger partial charge on any atom is 0.416 e. The minimum atomic E-state index is -4.44. The number of carbonyl (C=O) groups excluding carboxylic acids is 1. The maximum atomic E-state index is 12.9. The fourth-order valence-corrected chi connectivity index (χ4v) is 3.64. The third-order valence-corrected chi connectivity index (χ3v) is 5.63. The first-order valence-corrected chi connectivity index (χ1v) is 13.0. The number of oxime groups is 2. The van der Waals surface area contributed by atoms with Crippen molar-refractivity contribution in [2.75, 3.05) is 14.2 Å². The number of nitrogens with zero attached hydrogens (tertiary/aromatic N) is 2. The highest BCUT2D eigenvalue weighted by Gasteiger charge is 2.30. The summed E-state index contributed by atoms with van der Waals surface area (Å²) in [5.41, 5.74) is 10.2. The number of methoxy groups -OCH3 is 1. The van der Waals surface area contributed by atoms with Gasteiger partial charge in [-0.05, 0) is 24.6 Å². The molecule has 7 N–H and O–H groups in total. The second-order valence-corrected chi connectivity index (χ2v) is 8.87. The summed E-state index contributed by atoms with van der Waals surface area (Å²) < 4.78 is 43.3. The van der Waals surface area contributed by atoms with Gasteiger partial charge in [-0.3, -0.25) is 16.1 Å². The second kappa shape index (κ2) is 20.5. The summed E-state index contributed by atoms with van der Waals surface area (Å²) in [6, 6.07) is 11.5. The standard InChI is InChI=1S/C20H19F3N2O4.C6H12.C2H7N5.ClH/c1-13(14-8-6-9-16(11-14)20(21,22)23)24-29-12-15-7-4-5-10-17(15)18(25-28-3)19(26)27-2;1-2-4-6-5-3-1;3-1(4)7-2(5)6;/h4-11H,12H2,1-3H3;1-6H2;(H7,3,4,5,6,7);1H/b24-13+,25-18+;;;. The molecule has 15 heteroatoms. The molecular formula is C28H39ClF3N7O4. The molecule has 1 fully saturated rings. The van der Waals surface area contributed by atoms with E-state index in [0.717, 1.165) is 12.1 Å². The van der Waals surface area contributed by atoms with Crippen molar-refractivity contribution in [1.29, 1.82) is 10.8 Å². The van der Waals surface area contributed by atoms with Crippen LogP contribution in [0.2, 0.25) is 0 Å². The molecule has 1 saturated carbocycles. The van der Waals surface area contributed by atoms with Gasteiger partial charge in [-0.25, -0.2) is 4.79 Å². The van der Waals surface area contributed by atoms with Crippen LogP contribution in [0.4, 0.5) is 13.2 Å². The first-order valence-electron chi connectivity index (χ1n) is 13.0. The molecule has 1 aliphatic carbocycles. The number of alkyl halides is 3. The minimum Gasteiger partial charge on any atom is -0.464 e. The zero-order valence-electron chi connectivity index (χ0n) is 24.3. The van der Waals surface area contributed by atoms with Gasteiger partial charge in [0.05, 0.1) is 18.4 Å². The molecule has 0 radical (unpaired) electrons. The van der Waals surface area contributed by atoms with E-state index < -0.39 is 17.7 Å². The monoisotopic (exact) mass is 629 g/mol. The van der Waals surface area contributed by atoms with Gasteiger partial charge in [-0.15, -0.1) is 12.4 Å². The van der Waals surface area contributed by atoms with E-state index in [9.17, 15) is 18.0 Å². The quantitative estimate of drug-likeness (QED) is 0.119. The lowest BCUT2D eigenvalue weighted by Gasteiger charge is -2.10. The summed E-state index contributed by atoms with van der Waals surface area (Å²) in [7, 11) is 2.51. The van der Waals surface area contributed by atoms with Crippen LogP contribution in [-0.2, 0) is 32.0 Å². The molecule has 0 spiro atoms. The zero-order valence-corrected chi connectivity index (χ0v) is 25.1. The predicted octanol–water partition coefficient (Wildman–Crippen LogP) is 5.30. The van der Waals surface area contributed by atoms with Crippen LogP contribution in [0.5, 0.6) is 0 Å². The highest BCUT2D eigenvalue weighted by atomic mass is 35.5. The number of ether oxygens (including phenoxy) is 1. The fourth-order valence-electron chi connectivity index (χ4n) is 3.64. The molecule has 2 aromatic rings. The van der Waals surface area contributed by atoms with Gasteiger partial charge in [0.15, 0.2) is 17.6 Å². The van der Waals surface area contributed by atoms with E-state index in [1.54, 1.807) is 24.3 Å². The van der Waals surface area contributed by atoms with Crippen molar-refractivity contribution in [3.63, 3.8) is 0 Å². The van der Waals surface area contributed by atoms with Crippen molar-refractivity contribution in [2.24, 2.45) is 21.8 Å². The number of benzene rings is 2. The highest BCUT2D eigenvalue weighted by Crippen LogP contribution is 2.29. The molecule has 0 aromatic heterocycles. The van der Waals surface area contributed by atoms with Crippen LogP contribution < -0.4 is 16.8 Å². The van der Waals surface area contributed by atoms with Crippen LogP contribution in [0.25, 0.3) is 0 Å². The first kappa shape index (κ1) is 38.7. The van der Waals surface area contributed by atoms with Gasteiger partial charge in [0.1, 0.15) is 13.7 Å². The molecule has 0 amide bonds. The Bertz CT molecular complexity index is 1210. The van der Waals surface area contributed by atoms with E-state index in [1.807, 2.05) is 5.32 Å². The van der Waals surface area contributed by atoms with Crippen LogP contribution >= 0.6 is 12.4 Å². The molecule has 0 aliphatic heterocycles. The van der Waals surface area contributed by atoms with Gasteiger partial charge < -0.3 is 25.9 Å². The topological polar surface area (TPSA) is 181 Å². The maximum absolute atomic E-state index is 12.9. The van der Waals surface area contributed by atoms with Gasteiger partial charge in [0, 0.05) is 11.1 Å². The molecule has 0 atom stereocenters. The summed E-state index contributed by atoms with van der Waals surface area (Å²) in [5, 5.41) is 22.5. The Hall–Kier alpha value is -4.33.